The minimum atomic E-state index is -1.30. The highest BCUT2D eigenvalue weighted by atomic mass is 35.5. The van der Waals surface area contributed by atoms with Crippen LogP contribution in [0.4, 0.5) is 10.1 Å². The van der Waals surface area contributed by atoms with Crippen LogP contribution in [0.1, 0.15) is 37.9 Å². The van der Waals surface area contributed by atoms with Gasteiger partial charge in [-0.1, -0.05) is 76.2 Å². The number of rotatable bonds is 3. The van der Waals surface area contributed by atoms with Crippen molar-refractivity contribution in [2.75, 3.05) is 4.90 Å². The van der Waals surface area contributed by atoms with Crippen molar-refractivity contribution in [3.8, 4) is 0 Å². The minimum absolute atomic E-state index is 0.183. The molecule has 2 unspecified atom stereocenters. The molecule has 2 aliphatic rings. The predicted molar refractivity (Wildman–Crippen MR) is 134 cm³/mol. The largest absolute Gasteiger partial charge is 0.300 e. The number of β-lactam (4-membered cyclic amide) rings is 1. The molecular weight excluding hydrogens is 561 g/mol. The topological polar surface area (TPSA) is 57.7 Å². The van der Waals surface area contributed by atoms with E-state index in [9.17, 15) is 18.8 Å². The Balaban J connectivity index is 1.66. The molecule has 178 valence electrons. The van der Waals surface area contributed by atoms with E-state index >= 15 is 0 Å². The maximum Gasteiger partial charge on any atom is 0.264 e. The SMILES string of the molecule is Cc1ccc(Cl)cc1N1C(=O)C(N2C(=O)c3c(Cl)c(Cl)c(Cl)c(Cl)c3C2=O)C1c1cccc(F)c1. The summed E-state index contributed by atoms with van der Waals surface area (Å²) in [6.45, 7) is 1.78. The molecule has 0 spiro atoms. The van der Waals surface area contributed by atoms with Crippen molar-refractivity contribution in [3.05, 3.63) is 95.6 Å². The van der Waals surface area contributed by atoms with Crippen LogP contribution < -0.4 is 4.90 Å². The number of amides is 3. The average Bonchev–Trinajstić information content (AvgIpc) is 3.07. The molecule has 0 aromatic heterocycles. The van der Waals surface area contributed by atoms with Gasteiger partial charge in [0.2, 0.25) is 0 Å². The summed E-state index contributed by atoms with van der Waals surface area (Å²) in [5, 5.41) is -0.471. The van der Waals surface area contributed by atoms with Crippen molar-refractivity contribution in [2.45, 2.75) is 19.0 Å². The third-order valence-corrected chi connectivity index (χ3v) is 8.14. The second kappa shape index (κ2) is 8.64. The Kier molecular flexibility index (Phi) is 6.01. The van der Waals surface area contributed by atoms with Gasteiger partial charge in [-0.15, -0.1) is 0 Å². The highest BCUT2D eigenvalue weighted by Gasteiger charge is 2.58. The van der Waals surface area contributed by atoms with E-state index in [2.05, 4.69) is 0 Å². The lowest BCUT2D eigenvalue weighted by molar-refractivity contribution is -0.130. The van der Waals surface area contributed by atoms with Gasteiger partial charge in [0.05, 0.1) is 37.3 Å². The Morgan fingerprint density at radius 3 is 1.91 bits per heavy atom. The Labute approximate surface area is 223 Å². The standard InChI is InChI=1S/C24H12Cl5FN2O3/c1-9-5-6-11(25)8-13(9)31-20(10-3-2-4-12(30)7-10)21(24(31)35)32-22(33)14-15(23(32)34)17(27)19(29)18(28)16(14)26/h2-8,20-21H,1H3. The maximum absolute atomic E-state index is 14.2. The van der Waals surface area contributed by atoms with Crippen LogP contribution in [0.25, 0.3) is 0 Å². The van der Waals surface area contributed by atoms with Gasteiger partial charge >= 0.3 is 0 Å². The van der Waals surface area contributed by atoms with Crippen molar-refractivity contribution < 1.29 is 18.8 Å². The Morgan fingerprint density at radius 1 is 0.743 bits per heavy atom. The molecule has 2 aliphatic heterocycles. The van der Waals surface area contributed by atoms with Gasteiger partial charge in [0.15, 0.2) is 0 Å². The highest BCUT2D eigenvalue weighted by molar-refractivity contribution is 6.55. The molecular formula is C24H12Cl5FN2O3. The number of hydrogen-bond acceptors (Lipinski definition) is 3. The molecule has 0 radical (unpaired) electrons. The number of nitrogens with zero attached hydrogens (tertiary/aromatic N) is 2. The molecule has 35 heavy (non-hydrogen) atoms. The van der Waals surface area contributed by atoms with Gasteiger partial charge in [-0.2, -0.15) is 0 Å². The third-order valence-electron chi connectivity index (χ3n) is 6.10. The molecule has 5 rings (SSSR count). The molecule has 3 aromatic carbocycles. The van der Waals surface area contributed by atoms with Gasteiger partial charge in [-0.3, -0.25) is 19.3 Å². The van der Waals surface area contributed by atoms with Gasteiger partial charge in [0, 0.05) is 10.7 Å². The number of imide groups is 1. The number of anilines is 1. The fourth-order valence-electron chi connectivity index (χ4n) is 4.48. The zero-order valence-electron chi connectivity index (χ0n) is 17.6. The highest BCUT2D eigenvalue weighted by Crippen LogP contribution is 2.49. The van der Waals surface area contributed by atoms with Gasteiger partial charge in [-0.25, -0.2) is 4.39 Å². The summed E-state index contributed by atoms with van der Waals surface area (Å²) in [5.41, 5.74) is 1.08. The van der Waals surface area contributed by atoms with Gasteiger partial charge in [0.1, 0.15) is 11.9 Å². The van der Waals surface area contributed by atoms with E-state index in [1.165, 1.54) is 23.1 Å². The average molecular weight is 573 g/mol. The number of carbonyl (C=O) groups excluding carboxylic acids is 3. The summed E-state index contributed by atoms with van der Waals surface area (Å²) in [4.78, 5) is 42.6. The fraction of sp³-hybridized carbons (Fsp3) is 0.125. The number of halogens is 6. The maximum atomic E-state index is 14.2. The van der Waals surface area contributed by atoms with Crippen LogP contribution in [0.2, 0.25) is 25.1 Å². The number of carbonyl (C=O) groups is 3. The molecule has 3 aromatic rings. The van der Waals surface area contributed by atoms with Crippen LogP contribution in [0.15, 0.2) is 42.5 Å². The van der Waals surface area contributed by atoms with E-state index in [0.717, 1.165) is 10.5 Å². The van der Waals surface area contributed by atoms with E-state index < -0.39 is 35.6 Å². The molecule has 3 amide bonds. The first-order valence-electron chi connectivity index (χ1n) is 10.1. The molecule has 2 atom stereocenters. The minimum Gasteiger partial charge on any atom is -0.300 e. The second-order valence-corrected chi connectivity index (χ2v) is 10.0. The molecule has 0 N–H and O–H groups in total. The van der Waals surface area contributed by atoms with E-state index in [1.807, 2.05) is 0 Å². The van der Waals surface area contributed by atoms with Crippen LogP contribution in [-0.2, 0) is 4.79 Å². The molecule has 11 heteroatoms. The first-order chi connectivity index (χ1) is 16.5. The van der Waals surface area contributed by atoms with Crippen molar-refractivity contribution in [3.63, 3.8) is 0 Å². The van der Waals surface area contributed by atoms with Crippen molar-refractivity contribution in [1.82, 2.24) is 4.90 Å². The summed E-state index contributed by atoms with van der Waals surface area (Å²) < 4.78 is 14.2. The molecule has 0 bridgehead atoms. The van der Waals surface area contributed by atoms with E-state index in [0.29, 0.717) is 16.3 Å². The normalized spacial score (nSPS) is 19.3. The second-order valence-electron chi connectivity index (χ2n) is 8.07. The lowest BCUT2D eigenvalue weighted by Crippen LogP contribution is -2.67. The monoisotopic (exact) mass is 570 g/mol. The first-order valence-corrected chi connectivity index (χ1v) is 12.0. The van der Waals surface area contributed by atoms with Crippen molar-refractivity contribution in [2.24, 2.45) is 0 Å². The van der Waals surface area contributed by atoms with Crippen LogP contribution in [0.3, 0.4) is 0 Å². The smallest absolute Gasteiger partial charge is 0.264 e. The predicted octanol–water partition coefficient (Wildman–Crippen LogP) is 7.15. The van der Waals surface area contributed by atoms with Crippen molar-refractivity contribution in [1.29, 1.82) is 0 Å². The van der Waals surface area contributed by atoms with Gasteiger partial charge in [0.25, 0.3) is 17.7 Å². The number of hydrogen-bond donors (Lipinski definition) is 0. The van der Waals surface area contributed by atoms with Crippen LogP contribution in [0.5, 0.6) is 0 Å². The van der Waals surface area contributed by atoms with E-state index in [-0.39, 0.29) is 31.2 Å². The Morgan fingerprint density at radius 2 is 1.34 bits per heavy atom. The summed E-state index contributed by atoms with van der Waals surface area (Å²) in [5.74, 6) is -2.81. The Bertz CT molecular complexity index is 1430. The lowest BCUT2D eigenvalue weighted by Gasteiger charge is -2.50. The summed E-state index contributed by atoms with van der Waals surface area (Å²) in [6, 6.07) is 8.35. The quantitative estimate of drug-likeness (QED) is 0.145. The molecule has 1 fully saturated rings. The third kappa shape index (κ3) is 3.54. The fourth-order valence-corrected chi connectivity index (χ4v) is 5.66. The van der Waals surface area contributed by atoms with E-state index in [4.69, 9.17) is 58.0 Å². The number of aryl methyl sites for hydroxylation is 1. The molecule has 5 nitrogen and oxygen atoms in total. The number of fused-ring (bicyclic) bond motifs is 1. The molecule has 1 saturated heterocycles. The Hall–Kier alpha value is -2.35. The van der Waals surface area contributed by atoms with Crippen LogP contribution in [0, 0.1) is 12.7 Å². The zero-order valence-corrected chi connectivity index (χ0v) is 21.4. The summed E-state index contributed by atoms with van der Waals surface area (Å²) in [6.07, 6.45) is 0. The molecule has 2 heterocycles. The van der Waals surface area contributed by atoms with E-state index in [1.54, 1.807) is 31.2 Å². The molecule has 0 aliphatic carbocycles. The lowest BCUT2D eigenvalue weighted by atomic mass is 9.85. The zero-order chi connectivity index (χ0) is 25.3. The summed E-state index contributed by atoms with van der Waals surface area (Å²) >= 11 is 30.9. The summed E-state index contributed by atoms with van der Waals surface area (Å²) in [7, 11) is 0. The van der Waals surface area contributed by atoms with Crippen molar-refractivity contribution >= 4 is 81.4 Å². The molecule has 0 saturated carbocycles. The van der Waals surface area contributed by atoms with Gasteiger partial charge < -0.3 is 4.90 Å². The van der Waals surface area contributed by atoms with Crippen LogP contribution in [-0.4, -0.2) is 28.7 Å². The van der Waals surface area contributed by atoms with Crippen LogP contribution >= 0.6 is 58.0 Å². The first kappa shape index (κ1) is 24.3. The number of benzene rings is 3. The van der Waals surface area contributed by atoms with Gasteiger partial charge in [-0.05, 0) is 42.3 Å².